The highest BCUT2D eigenvalue weighted by Gasteiger charge is 2.41. The van der Waals surface area contributed by atoms with E-state index in [0.29, 0.717) is 35.1 Å². The van der Waals surface area contributed by atoms with Crippen LogP contribution in [0.15, 0.2) is 48.5 Å². The number of ether oxygens (including phenoxy) is 2. The first kappa shape index (κ1) is 26.7. The lowest BCUT2D eigenvalue weighted by molar-refractivity contribution is -0.141. The first-order valence-corrected chi connectivity index (χ1v) is 14.3. The van der Waals surface area contributed by atoms with Crippen LogP contribution in [0, 0.1) is 12.8 Å². The number of piperazine rings is 1. The van der Waals surface area contributed by atoms with Crippen molar-refractivity contribution in [3.8, 4) is 17.0 Å². The Morgan fingerprint density at radius 2 is 1.55 bits per heavy atom. The van der Waals surface area contributed by atoms with Crippen molar-refractivity contribution < 1.29 is 14.6 Å². The number of fused-ring (bicyclic) bond motifs is 2. The average Bonchev–Trinajstić information content (AvgIpc) is 3.23. The van der Waals surface area contributed by atoms with Crippen molar-refractivity contribution in [1.82, 2.24) is 10.2 Å². The van der Waals surface area contributed by atoms with Gasteiger partial charge in [-0.05, 0) is 74.6 Å². The number of benzene rings is 2. The number of hydrogen-bond donors (Lipinski definition) is 2. The van der Waals surface area contributed by atoms with Gasteiger partial charge >= 0.3 is 0 Å². The number of para-hydroxylation sites is 1. The molecule has 3 aliphatic rings. The van der Waals surface area contributed by atoms with E-state index in [0.717, 1.165) is 57.5 Å². The summed E-state index contributed by atoms with van der Waals surface area (Å²) < 4.78 is 11.1. The fourth-order valence-electron chi connectivity index (χ4n) is 6.97. The van der Waals surface area contributed by atoms with Crippen LogP contribution in [0.25, 0.3) is 11.3 Å². The molecule has 2 unspecified atom stereocenters. The van der Waals surface area contributed by atoms with E-state index in [2.05, 4.69) is 50.0 Å². The number of anilines is 4. The third-order valence-electron chi connectivity index (χ3n) is 8.90. The van der Waals surface area contributed by atoms with E-state index in [1.165, 1.54) is 16.9 Å². The summed E-state index contributed by atoms with van der Waals surface area (Å²) in [5, 5.41) is 18.9. The van der Waals surface area contributed by atoms with E-state index >= 15 is 0 Å². The third-order valence-corrected chi connectivity index (χ3v) is 8.90. The number of nitrogens with two attached hydrogens (primary N) is 1. The van der Waals surface area contributed by atoms with Gasteiger partial charge in [-0.15, -0.1) is 10.2 Å². The van der Waals surface area contributed by atoms with Crippen LogP contribution in [0.5, 0.6) is 5.75 Å². The molecule has 3 aliphatic heterocycles. The molecule has 4 heterocycles. The molecule has 212 valence electrons. The van der Waals surface area contributed by atoms with Crippen LogP contribution < -0.4 is 20.4 Å². The first-order valence-electron chi connectivity index (χ1n) is 14.3. The van der Waals surface area contributed by atoms with Crippen molar-refractivity contribution in [3.63, 3.8) is 0 Å². The Bertz CT molecular complexity index is 1330. The maximum Gasteiger partial charge on any atom is 0.169 e. The Morgan fingerprint density at radius 3 is 2.23 bits per heavy atom. The summed E-state index contributed by atoms with van der Waals surface area (Å²) in [6.07, 6.45) is 4.29. The first-order chi connectivity index (χ1) is 19.4. The smallest absolute Gasteiger partial charge is 0.169 e. The van der Waals surface area contributed by atoms with E-state index in [4.69, 9.17) is 15.2 Å². The molecule has 40 heavy (non-hydrogen) atoms. The van der Waals surface area contributed by atoms with Gasteiger partial charge in [-0.1, -0.05) is 12.1 Å². The summed E-state index contributed by atoms with van der Waals surface area (Å²) in [6.45, 7) is 5.96. The summed E-state index contributed by atoms with van der Waals surface area (Å²) in [6, 6.07) is 17.0. The molecule has 2 bridgehead atoms. The van der Waals surface area contributed by atoms with E-state index < -0.39 is 0 Å². The number of aromatic hydroxyl groups is 1. The Morgan fingerprint density at radius 1 is 0.875 bits per heavy atom. The molecule has 1 aromatic heterocycles. The van der Waals surface area contributed by atoms with E-state index in [1.807, 2.05) is 18.2 Å². The highest BCUT2D eigenvalue weighted by Crippen LogP contribution is 2.40. The monoisotopic (exact) mass is 544 g/mol. The highest BCUT2D eigenvalue weighted by atomic mass is 16.7. The van der Waals surface area contributed by atoms with Gasteiger partial charge in [0.05, 0.1) is 11.4 Å². The third kappa shape index (κ3) is 5.04. The quantitative estimate of drug-likeness (QED) is 0.418. The number of phenols is 1. The fraction of sp³-hybridized carbons (Fsp3) is 0.484. The van der Waals surface area contributed by atoms with Crippen molar-refractivity contribution in [2.24, 2.45) is 5.92 Å². The molecular weight excluding hydrogens is 504 g/mol. The van der Waals surface area contributed by atoms with Gasteiger partial charge in [0.25, 0.3) is 0 Å². The fourth-order valence-corrected chi connectivity index (χ4v) is 6.97. The van der Waals surface area contributed by atoms with Crippen LogP contribution in [0.2, 0.25) is 0 Å². The van der Waals surface area contributed by atoms with Gasteiger partial charge in [0.15, 0.2) is 12.1 Å². The van der Waals surface area contributed by atoms with Gasteiger partial charge in [0, 0.05) is 75.3 Å². The highest BCUT2D eigenvalue weighted by molar-refractivity contribution is 5.75. The predicted molar refractivity (Wildman–Crippen MR) is 159 cm³/mol. The predicted octanol–water partition coefficient (Wildman–Crippen LogP) is 4.43. The van der Waals surface area contributed by atoms with Gasteiger partial charge in [-0.2, -0.15) is 0 Å². The Labute approximate surface area is 236 Å². The maximum atomic E-state index is 10.4. The van der Waals surface area contributed by atoms with Crippen molar-refractivity contribution in [2.45, 2.75) is 51.0 Å². The van der Waals surface area contributed by atoms with Crippen molar-refractivity contribution in [1.29, 1.82) is 0 Å². The Balaban J connectivity index is 1.20. The summed E-state index contributed by atoms with van der Waals surface area (Å²) in [7, 11) is 3.46. The van der Waals surface area contributed by atoms with E-state index in [1.54, 1.807) is 26.4 Å². The van der Waals surface area contributed by atoms with Gasteiger partial charge in [-0.3, -0.25) is 0 Å². The number of rotatable bonds is 7. The molecule has 2 aromatic carbocycles. The minimum atomic E-state index is -0.124. The molecule has 3 fully saturated rings. The lowest BCUT2D eigenvalue weighted by atomic mass is 9.95. The summed E-state index contributed by atoms with van der Waals surface area (Å²) in [5.41, 5.74) is 12.4. The molecule has 3 saturated heterocycles. The molecule has 9 heteroatoms. The normalized spacial score (nSPS) is 21.4. The van der Waals surface area contributed by atoms with E-state index in [-0.39, 0.29) is 12.0 Å². The SMILES string of the molecule is COC(OC)C1CCN(c2cc(C)cc(N3C4CCC3CN(c3cc(-c5ccccc5O)nnc3N)C4)c2)CC1. The number of nitrogens with zero attached hydrogens (tertiary/aromatic N) is 5. The van der Waals surface area contributed by atoms with Crippen molar-refractivity contribution >= 4 is 22.9 Å². The number of nitrogen functional groups attached to an aromatic ring is 1. The molecule has 0 amide bonds. The maximum absolute atomic E-state index is 10.4. The summed E-state index contributed by atoms with van der Waals surface area (Å²) >= 11 is 0. The van der Waals surface area contributed by atoms with Crippen LogP contribution in [0.3, 0.4) is 0 Å². The molecule has 3 aromatic rings. The average molecular weight is 545 g/mol. The van der Waals surface area contributed by atoms with E-state index in [9.17, 15) is 5.11 Å². The summed E-state index contributed by atoms with van der Waals surface area (Å²) in [4.78, 5) is 7.51. The van der Waals surface area contributed by atoms with Crippen LogP contribution in [-0.4, -0.2) is 74.1 Å². The number of methoxy groups -OCH3 is 2. The van der Waals surface area contributed by atoms with Gasteiger partial charge in [0.1, 0.15) is 5.75 Å². The molecule has 9 nitrogen and oxygen atoms in total. The zero-order valence-electron chi connectivity index (χ0n) is 23.7. The van der Waals surface area contributed by atoms with Gasteiger partial charge < -0.3 is 35.0 Å². The molecular formula is C31H40N6O3. The zero-order valence-corrected chi connectivity index (χ0v) is 23.7. The molecule has 0 spiro atoms. The molecule has 2 atom stereocenters. The topological polar surface area (TPSA) is 100 Å². The Hall–Kier alpha value is -3.56. The number of hydrogen-bond acceptors (Lipinski definition) is 9. The van der Waals surface area contributed by atoms with Crippen molar-refractivity contribution in [3.05, 3.63) is 54.1 Å². The second-order valence-electron chi connectivity index (χ2n) is 11.4. The minimum Gasteiger partial charge on any atom is -0.507 e. The number of phenolic OH excluding ortho intramolecular Hbond substituents is 1. The number of piperidine rings is 1. The Kier molecular flexibility index (Phi) is 7.42. The largest absolute Gasteiger partial charge is 0.507 e. The van der Waals surface area contributed by atoms with Crippen molar-refractivity contribution in [2.75, 3.05) is 60.8 Å². The lowest BCUT2D eigenvalue weighted by Crippen LogP contribution is -2.54. The molecule has 3 N–H and O–H groups in total. The van der Waals surface area contributed by atoms with Gasteiger partial charge in [-0.25, -0.2) is 0 Å². The molecule has 6 rings (SSSR count). The second-order valence-corrected chi connectivity index (χ2v) is 11.4. The van der Waals surface area contributed by atoms with Crippen LogP contribution >= 0.6 is 0 Å². The molecule has 0 radical (unpaired) electrons. The lowest BCUT2D eigenvalue weighted by Gasteiger charge is -2.44. The molecule has 0 aliphatic carbocycles. The van der Waals surface area contributed by atoms with Crippen LogP contribution in [0.4, 0.5) is 22.9 Å². The second kappa shape index (κ2) is 11.1. The standard InChI is InChI=1S/C31H40N6O3/c1-20-14-24(35-12-10-21(11-13-35)31(39-2)40-3)16-25(15-20)37-22-8-9-23(37)19-36(18-22)28-17-27(33-34-30(28)32)26-6-4-5-7-29(26)38/h4-7,14-17,21-23,31,38H,8-13,18-19H2,1-3H3,(H2,32,34). The number of aryl methyl sites for hydroxylation is 1. The molecule has 0 saturated carbocycles. The minimum absolute atomic E-state index is 0.124. The van der Waals surface area contributed by atoms with Crippen LogP contribution in [0.1, 0.15) is 31.2 Å². The van der Waals surface area contributed by atoms with Gasteiger partial charge in [0.2, 0.25) is 0 Å². The number of aromatic nitrogens is 2. The zero-order chi connectivity index (χ0) is 27.8. The summed E-state index contributed by atoms with van der Waals surface area (Å²) in [5.74, 6) is 1.05. The van der Waals surface area contributed by atoms with Crippen LogP contribution in [-0.2, 0) is 9.47 Å².